The molecule has 0 radical (unpaired) electrons. The zero-order valence-electron chi connectivity index (χ0n) is 25.4. The summed E-state index contributed by atoms with van der Waals surface area (Å²) < 4.78 is 1.97. The molecule has 218 valence electrons. The quantitative estimate of drug-likeness (QED) is 0.202. The summed E-state index contributed by atoms with van der Waals surface area (Å²) in [7, 11) is 0. The normalized spacial score (nSPS) is 11.8. The van der Waals surface area contributed by atoms with Crippen LogP contribution < -0.4 is 0 Å². The van der Waals surface area contributed by atoms with Crippen molar-refractivity contribution in [3.63, 3.8) is 0 Å². The van der Waals surface area contributed by atoms with E-state index in [1.54, 1.807) is 12.5 Å². The molecule has 0 N–H and O–H groups in total. The molecular formula is C44H27N3. The Kier molecular flexibility index (Phi) is 5.57. The summed E-state index contributed by atoms with van der Waals surface area (Å²) in [6.07, 6.45) is 5.63. The molecule has 0 unspecified atom stereocenters. The molecule has 0 aliphatic heterocycles. The molecular weight excluding hydrogens is 571 g/mol. The molecule has 47 heavy (non-hydrogen) atoms. The van der Waals surface area contributed by atoms with Crippen LogP contribution in [0.4, 0.5) is 0 Å². The van der Waals surface area contributed by atoms with Gasteiger partial charge in [-0.1, -0.05) is 133 Å². The first kappa shape index (κ1) is 26.0. The summed E-state index contributed by atoms with van der Waals surface area (Å²) in [6.45, 7) is 0. The average Bonchev–Trinajstić information content (AvgIpc) is 3.72. The first-order valence-electron chi connectivity index (χ1n) is 16.0. The van der Waals surface area contributed by atoms with E-state index in [0.29, 0.717) is 0 Å². The van der Waals surface area contributed by atoms with Gasteiger partial charge in [-0.05, 0) is 89.3 Å². The SMILES string of the molecule is c1ccc(-c2c3c(c(-c4ccccc4)c4ccccc24)-c2ccc(-c4cccc(-c5cn6cnccc6n5)c4)c4cccc-3c24)cc1. The minimum atomic E-state index is 0.888. The van der Waals surface area contributed by atoms with Gasteiger partial charge in [0.1, 0.15) is 12.0 Å². The molecule has 0 fully saturated rings. The molecule has 10 rings (SSSR count). The van der Waals surface area contributed by atoms with Gasteiger partial charge in [0, 0.05) is 18.0 Å². The predicted molar refractivity (Wildman–Crippen MR) is 194 cm³/mol. The maximum Gasteiger partial charge on any atom is 0.140 e. The number of fused-ring (bicyclic) bond motifs is 5. The largest absolute Gasteiger partial charge is 0.290 e. The molecule has 2 heterocycles. The van der Waals surface area contributed by atoms with Gasteiger partial charge >= 0.3 is 0 Å². The van der Waals surface area contributed by atoms with E-state index in [2.05, 4.69) is 145 Å². The molecule has 3 heteroatoms. The van der Waals surface area contributed by atoms with Crippen molar-refractivity contribution < 1.29 is 0 Å². The lowest BCUT2D eigenvalue weighted by Crippen LogP contribution is -1.93. The molecule has 9 aromatic rings. The van der Waals surface area contributed by atoms with Crippen LogP contribution in [-0.4, -0.2) is 14.4 Å². The highest BCUT2D eigenvalue weighted by atomic mass is 15.0. The van der Waals surface area contributed by atoms with Crippen LogP contribution in [0.1, 0.15) is 0 Å². The van der Waals surface area contributed by atoms with Crippen molar-refractivity contribution in [3.8, 4) is 66.9 Å². The Morgan fingerprint density at radius 3 is 1.70 bits per heavy atom. The van der Waals surface area contributed by atoms with Crippen LogP contribution >= 0.6 is 0 Å². The fraction of sp³-hybridized carbons (Fsp3) is 0. The van der Waals surface area contributed by atoms with Crippen molar-refractivity contribution in [1.29, 1.82) is 0 Å². The number of rotatable bonds is 4. The van der Waals surface area contributed by atoms with E-state index < -0.39 is 0 Å². The Morgan fingerprint density at radius 2 is 1.00 bits per heavy atom. The van der Waals surface area contributed by atoms with Gasteiger partial charge < -0.3 is 0 Å². The summed E-state index contributed by atoms with van der Waals surface area (Å²) in [5.74, 6) is 0. The van der Waals surface area contributed by atoms with Gasteiger partial charge in [-0.2, -0.15) is 0 Å². The Hall–Kier alpha value is -6.32. The molecule has 2 aromatic heterocycles. The molecule has 0 spiro atoms. The molecule has 0 amide bonds. The molecule has 3 nitrogen and oxygen atoms in total. The third-order valence-corrected chi connectivity index (χ3v) is 9.65. The highest BCUT2D eigenvalue weighted by Crippen LogP contribution is 2.58. The van der Waals surface area contributed by atoms with Gasteiger partial charge in [0.05, 0.1) is 5.69 Å². The Balaban J connectivity index is 1.27. The van der Waals surface area contributed by atoms with Crippen LogP contribution in [0, 0.1) is 0 Å². The van der Waals surface area contributed by atoms with Crippen LogP contribution in [0.3, 0.4) is 0 Å². The van der Waals surface area contributed by atoms with Crippen LogP contribution in [0.2, 0.25) is 0 Å². The molecule has 0 bridgehead atoms. The summed E-state index contributed by atoms with van der Waals surface area (Å²) >= 11 is 0. The van der Waals surface area contributed by atoms with E-state index >= 15 is 0 Å². The van der Waals surface area contributed by atoms with Gasteiger partial charge in [-0.25, -0.2) is 9.97 Å². The van der Waals surface area contributed by atoms with Crippen LogP contribution in [0.25, 0.3) is 94.1 Å². The summed E-state index contributed by atoms with van der Waals surface area (Å²) in [6, 6.07) is 52.9. The average molecular weight is 598 g/mol. The Labute approximate surface area is 272 Å². The van der Waals surface area contributed by atoms with E-state index in [4.69, 9.17) is 4.98 Å². The zero-order chi connectivity index (χ0) is 30.9. The fourth-order valence-corrected chi connectivity index (χ4v) is 7.69. The molecule has 0 saturated heterocycles. The second kappa shape index (κ2) is 10.1. The third kappa shape index (κ3) is 3.87. The predicted octanol–water partition coefficient (Wildman–Crippen LogP) is 11.4. The number of hydrogen-bond acceptors (Lipinski definition) is 2. The first-order valence-corrected chi connectivity index (χ1v) is 16.0. The maximum absolute atomic E-state index is 4.87. The van der Waals surface area contributed by atoms with Crippen LogP contribution in [0.15, 0.2) is 164 Å². The minimum absolute atomic E-state index is 0.888. The van der Waals surface area contributed by atoms with Crippen molar-refractivity contribution in [2.24, 2.45) is 0 Å². The van der Waals surface area contributed by atoms with Crippen LogP contribution in [-0.2, 0) is 0 Å². The third-order valence-electron chi connectivity index (χ3n) is 9.65. The molecule has 0 saturated carbocycles. The maximum atomic E-state index is 4.87. The molecule has 1 aliphatic carbocycles. The Morgan fingerprint density at radius 1 is 0.426 bits per heavy atom. The summed E-state index contributed by atoms with van der Waals surface area (Å²) in [4.78, 5) is 9.12. The lowest BCUT2D eigenvalue weighted by Gasteiger charge is -2.20. The van der Waals surface area contributed by atoms with Crippen molar-refractivity contribution >= 4 is 27.2 Å². The number of aromatic nitrogens is 3. The number of hydrogen-bond donors (Lipinski definition) is 0. The van der Waals surface area contributed by atoms with E-state index in [-0.39, 0.29) is 0 Å². The highest BCUT2D eigenvalue weighted by Gasteiger charge is 2.31. The monoisotopic (exact) mass is 597 g/mol. The highest BCUT2D eigenvalue weighted by molar-refractivity contribution is 6.28. The van der Waals surface area contributed by atoms with Gasteiger partial charge in [0.2, 0.25) is 0 Å². The minimum Gasteiger partial charge on any atom is -0.290 e. The molecule has 0 atom stereocenters. The number of benzene rings is 7. The van der Waals surface area contributed by atoms with Crippen molar-refractivity contribution in [1.82, 2.24) is 14.4 Å². The van der Waals surface area contributed by atoms with Gasteiger partial charge in [0.25, 0.3) is 0 Å². The van der Waals surface area contributed by atoms with Gasteiger partial charge in [0.15, 0.2) is 0 Å². The molecule has 1 aliphatic rings. The first-order chi connectivity index (χ1) is 23.3. The van der Waals surface area contributed by atoms with Crippen LogP contribution in [0.5, 0.6) is 0 Å². The number of nitrogens with zero attached hydrogens (tertiary/aromatic N) is 3. The fourth-order valence-electron chi connectivity index (χ4n) is 7.69. The molecule has 7 aromatic carbocycles. The topological polar surface area (TPSA) is 30.2 Å². The van der Waals surface area contributed by atoms with Crippen molar-refractivity contribution in [2.45, 2.75) is 0 Å². The Bertz CT molecular complexity index is 2540. The zero-order valence-corrected chi connectivity index (χ0v) is 25.4. The van der Waals surface area contributed by atoms with E-state index in [1.807, 2.05) is 16.7 Å². The summed E-state index contributed by atoms with van der Waals surface area (Å²) in [5.41, 5.74) is 15.6. The van der Waals surface area contributed by atoms with Crippen molar-refractivity contribution in [3.05, 3.63) is 164 Å². The number of imidazole rings is 1. The standard InChI is InChI=1S/C44H27N3/c1-3-11-28(12-4-1)40-34-17-7-8-18-35(34)41(29-13-5-2-6-14-29)44-37-22-21-32(33-19-10-20-36(42(33)37)43(40)44)30-15-9-16-31(25-30)38-26-47-27-45-24-23-39(47)46-38/h1-27H. The second-order valence-corrected chi connectivity index (χ2v) is 12.2. The smallest absolute Gasteiger partial charge is 0.140 e. The lowest BCUT2D eigenvalue weighted by atomic mass is 9.82. The summed E-state index contributed by atoms with van der Waals surface area (Å²) in [5, 5.41) is 5.12. The van der Waals surface area contributed by atoms with E-state index in [9.17, 15) is 0 Å². The van der Waals surface area contributed by atoms with E-state index in [0.717, 1.165) is 16.9 Å². The lowest BCUT2D eigenvalue weighted by molar-refractivity contribution is 1.09. The second-order valence-electron chi connectivity index (χ2n) is 12.2. The van der Waals surface area contributed by atoms with Crippen molar-refractivity contribution in [2.75, 3.05) is 0 Å². The van der Waals surface area contributed by atoms with Gasteiger partial charge in [-0.3, -0.25) is 4.40 Å². The van der Waals surface area contributed by atoms with Gasteiger partial charge in [-0.15, -0.1) is 0 Å². The van der Waals surface area contributed by atoms with E-state index in [1.165, 1.54) is 77.2 Å².